The van der Waals surface area contributed by atoms with Gasteiger partial charge in [-0.25, -0.2) is 0 Å². The molecule has 3 aromatic heterocycles. The molecule has 0 saturated carbocycles. The number of hydrogen-bond acceptors (Lipinski definition) is 6. The fourth-order valence-electron chi connectivity index (χ4n) is 4.39. The van der Waals surface area contributed by atoms with Gasteiger partial charge in [-0.1, -0.05) is 30.3 Å². The van der Waals surface area contributed by atoms with Crippen LogP contribution in [0.15, 0.2) is 46.6 Å². The average molecular weight is 451 g/mol. The minimum atomic E-state index is -0.0368. The van der Waals surface area contributed by atoms with Gasteiger partial charge in [-0.2, -0.15) is 0 Å². The number of aromatic nitrogens is 4. The SMILES string of the molecule is Cn1c(=O)c2sccc2n2c(CN3CCC(NC(=O)CCc4ccccc4)CC3)nnc12. The summed E-state index contributed by atoms with van der Waals surface area (Å²) in [6, 6.07) is 12.3. The second kappa shape index (κ2) is 8.84. The molecule has 0 atom stereocenters. The molecule has 1 aromatic carbocycles. The van der Waals surface area contributed by atoms with Gasteiger partial charge in [0.05, 0.1) is 12.1 Å². The van der Waals surface area contributed by atoms with E-state index in [4.69, 9.17) is 0 Å². The maximum absolute atomic E-state index is 12.5. The molecular formula is C23H26N6O2S. The van der Waals surface area contributed by atoms with Crippen molar-refractivity contribution >= 4 is 33.2 Å². The first-order valence-corrected chi connectivity index (χ1v) is 11.8. The third-order valence-corrected chi connectivity index (χ3v) is 7.09. The van der Waals surface area contributed by atoms with Crippen LogP contribution in [0.3, 0.4) is 0 Å². The molecule has 1 saturated heterocycles. The van der Waals surface area contributed by atoms with Crippen LogP contribution in [0.25, 0.3) is 16.0 Å². The molecule has 5 rings (SSSR count). The molecule has 1 aliphatic heterocycles. The zero-order valence-corrected chi connectivity index (χ0v) is 18.8. The Hall–Kier alpha value is -3.04. The minimum Gasteiger partial charge on any atom is -0.353 e. The van der Waals surface area contributed by atoms with Crippen molar-refractivity contribution in [1.82, 2.24) is 29.4 Å². The molecule has 9 heteroatoms. The number of aryl methyl sites for hydroxylation is 2. The minimum absolute atomic E-state index is 0.0368. The van der Waals surface area contributed by atoms with Gasteiger partial charge in [-0.15, -0.1) is 21.5 Å². The molecule has 0 bridgehead atoms. The van der Waals surface area contributed by atoms with Gasteiger partial charge in [-0.3, -0.25) is 23.5 Å². The predicted octanol–water partition coefficient (Wildman–Crippen LogP) is 2.36. The number of carbonyl (C=O) groups excluding carboxylic acids is 1. The Morgan fingerprint density at radius 3 is 2.72 bits per heavy atom. The van der Waals surface area contributed by atoms with Gasteiger partial charge in [0, 0.05) is 32.6 Å². The van der Waals surface area contributed by atoms with E-state index < -0.39 is 0 Å². The van der Waals surface area contributed by atoms with Crippen LogP contribution in [0.2, 0.25) is 0 Å². The molecule has 8 nitrogen and oxygen atoms in total. The Labute approximate surface area is 189 Å². The van der Waals surface area contributed by atoms with Gasteiger partial charge in [0.2, 0.25) is 11.7 Å². The first-order chi connectivity index (χ1) is 15.6. The topological polar surface area (TPSA) is 84.5 Å². The standard InChI is InChI=1S/C23H26N6O2S/c1-27-22(31)21-18(11-14-32-21)29-19(25-26-23(27)29)15-28-12-9-17(10-13-28)24-20(30)8-7-16-5-3-2-4-6-16/h2-6,11,14,17H,7-10,12-13,15H2,1H3,(H,24,30). The van der Waals surface area contributed by atoms with E-state index >= 15 is 0 Å². The number of carbonyl (C=O) groups is 1. The zero-order chi connectivity index (χ0) is 22.1. The molecule has 0 aliphatic carbocycles. The molecule has 1 N–H and O–H groups in total. The fourth-order valence-corrected chi connectivity index (χ4v) is 5.24. The van der Waals surface area contributed by atoms with Crippen molar-refractivity contribution in [2.24, 2.45) is 7.05 Å². The summed E-state index contributed by atoms with van der Waals surface area (Å²) in [5.41, 5.74) is 2.02. The Kier molecular flexibility index (Phi) is 5.75. The van der Waals surface area contributed by atoms with Crippen molar-refractivity contribution in [2.45, 2.75) is 38.3 Å². The van der Waals surface area contributed by atoms with Crippen molar-refractivity contribution in [1.29, 1.82) is 0 Å². The molecule has 32 heavy (non-hydrogen) atoms. The van der Waals surface area contributed by atoms with Crippen LogP contribution in [0.5, 0.6) is 0 Å². The second-order valence-electron chi connectivity index (χ2n) is 8.35. The van der Waals surface area contributed by atoms with Crippen molar-refractivity contribution in [3.8, 4) is 0 Å². The highest BCUT2D eigenvalue weighted by Crippen LogP contribution is 2.21. The van der Waals surface area contributed by atoms with Gasteiger partial charge < -0.3 is 5.32 Å². The maximum Gasteiger partial charge on any atom is 0.272 e. The van der Waals surface area contributed by atoms with E-state index in [0.717, 1.165) is 48.4 Å². The molecule has 0 spiro atoms. The number of nitrogens with one attached hydrogen (secondary N) is 1. The van der Waals surface area contributed by atoms with Crippen molar-refractivity contribution < 1.29 is 4.79 Å². The van der Waals surface area contributed by atoms with Crippen LogP contribution < -0.4 is 10.9 Å². The van der Waals surface area contributed by atoms with Crippen molar-refractivity contribution in [3.63, 3.8) is 0 Å². The summed E-state index contributed by atoms with van der Waals surface area (Å²) in [5, 5.41) is 13.8. The van der Waals surface area contributed by atoms with Crippen LogP contribution in [0.1, 0.15) is 30.7 Å². The summed E-state index contributed by atoms with van der Waals surface area (Å²) < 4.78 is 4.27. The molecule has 1 aliphatic rings. The number of nitrogens with zero attached hydrogens (tertiary/aromatic N) is 5. The summed E-state index contributed by atoms with van der Waals surface area (Å²) in [6.45, 7) is 2.44. The fraction of sp³-hybridized carbons (Fsp3) is 0.391. The molecule has 0 radical (unpaired) electrons. The lowest BCUT2D eigenvalue weighted by molar-refractivity contribution is -0.122. The van der Waals surface area contributed by atoms with E-state index in [0.29, 0.717) is 18.7 Å². The Morgan fingerprint density at radius 1 is 1.16 bits per heavy atom. The van der Waals surface area contributed by atoms with E-state index in [1.807, 2.05) is 34.0 Å². The number of amides is 1. The number of rotatable bonds is 6. The van der Waals surface area contributed by atoms with Crippen LogP contribution >= 0.6 is 11.3 Å². The van der Waals surface area contributed by atoms with Gasteiger partial charge >= 0.3 is 0 Å². The first kappa shape index (κ1) is 20.8. The van der Waals surface area contributed by atoms with Crippen LogP contribution in [0, 0.1) is 0 Å². The Balaban J connectivity index is 1.19. The number of fused-ring (bicyclic) bond motifs is 3. The Bertz CT molecular complexity index is 1300. The molecule has 166 valence electrons. The van der Waals surface area contributed by atoms with E-state index in [1.165, 1.54) is 16.9 Å². The zero-order valence-electron chi connectivity index (χ0n) is 18.0. The molecular weight excluding hydrogens is 424 g/mol. The van der Waals surface area contributed by atoms with E-state index in [9.17, 15) is 9.59 Å². The van der Waals surface area contributed by atoms with Gasteiger partial charge in [0.15, 0.2) is 5.82 Å². The lowest BCUT2D eigenvalue weighted by atomic mass is 10.0. The molecule has 1 amide bonds. The third kappa shape index (κ3) is 4.05. The maximum atomic E-state index is 12.5. The number of hydrogen-bond donors (Lipinski definition) is 1. The average Bonchev–Trinajstić information content (AvgIpc) is 3.45. The lowest BCUT2D eigenvalue weighted by Crippen LogP contribution is -2.44. The Morgan fingerprint density at radius 2 is 1.94 bits per heavy atom. The largest absolute Gasteiger partial charge is 0.353 e. The summed E-state index contributed by atoms with van der Waals surface area (Å²) >= 11 is 1.45. The summed E-state index contributed by atoms with van der Waals surface area (Å²) in [6.07, 6.45) is 3.12. The van der Waals surface area contributed by atoms with E-state index in [1.54, 1.807) is 11.6 Å². The summed E-state index contributed by atoms with van der Waals surface area (Å²) in [4.78, 5) is 27.2. The second-order valence-corrected chi connectivity index (χ2v) is 9.27. The van der Waals surface area contributed by atoms with Crippen LogP contribution in [-0.2, 0) is 24.8 Å². The smallest absolute Gasteiger partial charge is 0.272 e. The third-order valence-electron chi connectivity index (χ3n) is 6.20. The van der Waals surface area contributed by atoms with Crippen LogP contribution in [0.4, 0.5) is 0 Å². The van der Waals surface area contributed by atoms with Crippen molar-refractivity contribution in [2.75, 3.05) is 13.1 Å². The number of piperidine rings is 1. The van der Waals surface area contributed by atoms with Gasteiger partial charge in [-0.05, 0) is 36.3 Å². The van der Waals surface area contributed by atoms with E-state index in [-0.39, 0.29) is 17.5 Å². The highest BCUT2D eigenvalue weighted by molar-refractivity contribution is 7.17. The molecule has 4 heterocycles. The van der Waals surface area contributed by atoms with E-state index in [2.05, 4.69) is 32.5 Å². The quantitative estimate of drug-likeness (QED) is 0.488. The monoisotopic (exact) mass is 450 g/mol. The first-order valence-electron chi connectivity index (χ1n) is 11.0. The molecule has 0 unspecified atom stereocenters. The number of benzene rings is 1. The highest BCUT2D eigenvalue weighted by Gasteiger charge is 2.23. The number of likely N-dealkylation sites (tertiary alicyclic amines) is 1. The van der Waals surface area contributed by atoms with Crippen molar-refractivity contribution in [3.05, 3.63) is 63.5 Å². The number of thiophene rings is 1. The molecule has 4 aromatic rings. The van der Waals surface area contributed by atoms with Gasteiger partial charge in [0.1, 0.15) is 4.70 Å². The highest BCUT2D eigenvalue weighted by atomic mass is 32.1. The summed E-state index contributed by atoms with van der Waals surface area (Å²) in [5.74, 6) is 1.53. The van der Waals surface area contributed by atoms with Crippen LogP contribution in [-0.4, -0.2) is 49.1 Å². The normalized spacial score (nSPS) is 15.5. The summed E-state index contributed by atoms with van der Waals surface area (Å²) in [7, 11) is 1.74. The molecule has 1 fully saturated rings. The lowest BCUT2D eigenvalue weighted by Gasteiger charge is -2.31. The predicted molar refractivity (Wildman–Crippen MR) is 125 cm³/mol. The van der Waals surface area contributed by atoms with Gasteiger partial charge in [0.25, 0.3) is 5.56 Å².